The maximum absolute atomic E-state index is 6.27. The Kier molecular flexibility index (Phi) is 4.33. The van der Waals surface area contributed by atoms with Gasteiger partial charge in [0.2, 0.25) is 0 Å². The summed E-state index contributed by atoms with van der Waals surface area (Å²) in [6, 6.07) is 17.9. The molecular weight excluding hydrogens is 352 g/mol. The normalized spacial score (nSPS) is 16.8. The Balaban J connectivity index is 1.60. The predicted octanol–water partition coefficient (Wildman–Crippen LogP) is 3.75. The number of benzene rings is 2. The Morgan fingerprint density at radius 3 is 2.71 bits per heavy atom. The van der Waals surface area contributed by atoms with E-state index in [0.29, 0.717) is 25.6 Å². The molecule has 2 aromatic heterocycles. The van der Waals surface area contributed by atoms with Crippen LogP contribution in [0, 0.1) is 0 Å². The van der Waals surface area contributed by atoms with Crippen LogP contribution in [0.2, 0.25) is 0 Å². The Morgan fingerprint density at radius 1 is 1.07 bits per heavy atom. The molecule has 1 unspecified atom stereocenters. The van der Waals surface area contributed by atoms with Gasteiger partial charge in [-0.25, -0.2) is 9.97 Å². The van der Waals surface area contributed by atoms with Crippen LogP contribution in [-0.4, -0.2) is 34.4 Å². The lowest BCUT2D eigenvalue weighted by atomic mass is 10.1. The van der Waals surface area contributed by atoms with Crippen LogP contribution >= 0.6 is 0 Å². The molecule has 1 aliphatic heterocycles. The van der Waals surface area contributed by atoms with Gasteiger partial charge in [-0.2, -0.15) is 0 Å². The van der Waals surface area contributed by atoms with Gasteiger partial charge in [-0.1, -0.05) is 36.4 Å². The molecule has 1 saturated heterocycles. The molecule has 5 rings (SSSR count). The van der Waals surface area contributed by atoms with Gasteiger partial charge in [0, 0.05) is 17.9 Å². The van der Waals surface area contributed by atoms with Gasteiger partial charge in [-0.05, 0) is 24.6 Å². The third-order valence-electron chi connectivity index (χ3n) is 5.26. The van der Waals surface area contributed by atoms with Crippen LogP contribution in [0.25, 0.3) is 21.9 Å². The van der Waals surface area contributed by atoms with Crippen LogP contribution in [0.1, 0.15) is 18.2 Å². The zero-order valence-corrected chi connectivity index (χ0v) is 15.5. The van der Waals surface area contributed by atoms with E-state index in [9.17, 15) is 0 Å². The molecule has 2 aromatic carbocycles. The van der Waals surface area contributed by atoms with Crippen molar-refractivity contribution >= 4 is 27.8 Å². The summed E-state index contributed by atoms with van der Waals surface area (Å²) in [6.07, 6.45) is 0.966. The molecular formula is C22H22N4O2. The number of hydrogen-bond donors (Lipinski definition) is 1. The van der Waals surface area contributed by atoms with Crippen LogP contribution < -0.4 is 10.5 Å². The van der Waals surface area contributed by atoms with Gasteiger partial charge in [-0.15, -0.1) is 0 Å². The molecule has 0 aliphatic carbocycles. The molecule has 2 N–H and O–H groups in total. The molecule has 6 heteroatoms. The Hall–Kier alpha value is -3.12. The van der Waals surface area contributed by atoms with Gasteiger partial charge < -0.3 is 19.8 Å². The van der Waals surface area contributed by atoms with E-state index in [0.717, 1.165) is 46.5 Å². The van der Waals surface area contributed by atoms with Crippen molar-refractivity contribution in [3.63, 3.8) is 0 Å². The Labute approximate surface area is 162 Å². The number of nitrogen functional groups attached to an aromatic ring is 1. The molecule has 28 heavy (non-hydrogen) atoms. The van der Waals surface area contributed by atoms with Gasteiger partial charge in [0.25, 0.3) is 0 Å². The lowest BCUT2D eigenvalue weighted by Crippen LogP contribution is -2.14. The number of anilines is 1. The first-order valence-corrected chi connectivity index (χ1v) is 9.61. The zero-order chi connectivity index (χ0) is 18.9. The third kappa shape index (κ3) is 2.96. The number of para-hydroxylation sites is 2. The summed E-state index contributed by atoms with van der Waals surface area (Å²) in [4.78, 5) is 9.46. The second kappa shape index (κ2) is 7.13. The Morgan fingerprint density at radius 2 is 1.89 bits per heavy atom. The van der Waals surface area contributed by atoms with Gasteiger partial charge >= 0.3 is 0 Å². The third-order valence-corrected chi connectivity index (χ3v) is 5.26. The van der Waals surface area contributed by atoms with E-state index in [-0.39, 0.29) is 5.92 Å². The standard InChI is InChI=1S/C22H22N4O2/c23-21-19-20(17-8-4-5-9-18(17)24-21)26(22(25-19)15-10-12-27-14-15)11-13-28-16-6-2-1-3-7-16/h1-9,15H,10-14H2,(H2,23,24). The van der Waals surface area contributed by atoms with Crippen LogP contribution in [0.5, 0.6) is 5.75 Å². The summed E-state index contributed by atoms with van der Waals surface area (Å²) in [6.45, 7) is 2.69. The van der Waals surface area contributed by atoms with E-state index in [1.165, 1.54) is 0 Å². The highest BCUT2D eigenvalue weighted by atomic mass is 16.5. The monoisotopic (exact) mass is 374 g/mol. The first kappa shape index (κ1) is 17.0. The zero-order valence-electron chi connectivity index (χ0n) is 15.5. The van der Waals surface area contributed by atoms with Crippen molar-refractivity contribution in [2.24, 2.45) is 0 Å². The molecule has 1 aliphatic rings. The fourth-order valence-electron chi connectivity index (χ4n) is 3.92. The molecule has 0 amide bonds. The molecule has 0 bridgehead atoms. The summed E-state index contributed by atoms with van der Waals surface area (Å²) in [7, 11) is 0. The van der Waals surface area contributed by atoms with E-state index >= 15 is 0 Å². The highest BCUT2D eigenvalue weighted by Crippen LogP contribution is 2.33. The van der Waals surface area contributed by atoms with Crippen LogP contribution in [-0.2, 0) is 11.3 Å². The molecule has 0 spiro atoms. The van der Waals surface area contributed by atoms with Crippen molar-refractivity contribution in [1.82, 2.24) is 14.5 Å². The van der Waals surface area contributed by atoms with E-state index < -0.39 is 0 Å². The second-order valence-electron chi connectivity index (χ2n) is 7.06. The average Bonchev–Trinajstić information content (AvgIpc) is 3.37. The molecule has 4 aromatic rings. The molecule has 0 radical (unpaired) electrons. The minimum atomic E-state index is 0.266. The van der Waals surface area contributed by atoms with Crippen molar-refractivity contribution in [1.29, 1.82) is 0 Å². The lowest BCUT2D eigenvalue weighted by Gasteiger charge is -2.14. The molecule has 3 heterocycles. The lowest BCUT2D eigenvalue weighted by molar-refractivity contribution is 0.192. The van der Waals surface area contributed by atoms with Crippen molar-refractivity contribution in [2.75, 3.05) is 25.6 Å². The largest absolute Gasteiger partial charge is 0.492 e. The van der Waals surface area contributed by atoms with Crippen molar-refractivity contribution < 1.29 is 9.47 Å². The molecule has 6 nitrogen and oxygen atoms in total. The minimum absolute atomic E-state index is 0.266. The second-order valence-corrected chi connectivity index (χ2v) is 7.06. The summed E-state index contributed by atoms with van der Waals surface area (Å²) < 4.78 is 13.8. The first-order valence-electron chi connectivity index (χ1n) is 9.61. The number of nitrogens with two attached hydrogens (primary N) is 1. The fourth-order valence-corrected chi connectivity index (χ4v) is 3.92. The summed E-state index contributed by atoms with van der Waals surface area (Å²) in [5.41, 5.74) is 8.95. The molecule has 0 saturated carbocycles. The number of rotatable bonds is 5. The summed E-state index contributed by atoms with van der Waals surface area (Å²) in [5, 5.41) is 1.06. The quantitative estimate of drug-likeness (QED) is 0.576. The number of nitrogens with zero attached hydrogens (tertiary/aromatic N) is 3. The molecule has 1 fully saturated rings. The maximum Gasteiger partial charge on any atom is 0.152 e. The number of fused-ring (bicyclic) bond motifs is 3. The predicted molar refractivity (Wildman–Crippen MR) is 110 cm³/mol. The smallest absolute Gasteiger partial charge is 0.152 e. The molecule has 1 atom stereocenters. The van der Waals surface area contributed by atoms with Gasteiger partial charge in [0.1, 0.15) is 23.7 Å². The Bertz CT molecular complexity index is 1120. The fraction of sp³-hybridized carbons (Fsp3) is 0.273. The van der Waals surface area contributed by atoms with E-state index in [1.54, 1.807) is 0 Å². The van der Waals surface area contributed by atoms with Crippen LogP contribution in [0.4, 0.5) is 5.82 Å². The number of aromatic nitrogens is 3. The number of imidazole rings is 1. The highest BCUT2D eigenvalue weighted by Gasteiger charge is 2.26. The van der Waals surface area contributed by atoms with Gasteiger partial charge in [0.15, 0.2) is 5.82 Å². The van der Waals surface area contributed by atoms with Gasteiger partial charge in [-0.3, -0.25) is 0 Å². The van der Waals surface area contributed by atoms with E-state index in [1.807, 2.05) is 48.5 Å². The van der Waals surface area contributed by atoms with Crippen LogP contribution in [0.3, 0.4) is 0 Å². The van der Waals surface area contributed by atoms with E-state index in [2.05, 4.69) is 15.6 Å². The average molecular weight is 374 g/mol. The summed E-state index contributed by atoms with van der Waals surface area (Å²) >= 11 is 0. The molecule has 142 valence electrons. The first-order chi connectivity index (χ1) is 13.8. The minimum Gasteiger partial charge on any atom is -0.492 e. The highest BCUT2D eigenvalue weighted by molar-refractivity contribution is 6.06. The SMILES string of the molecule is Nc1nc2ccccc2c2c1nc(C1CCOC1)n2CCOc1ccccc1. The van der Waals surface area contributed by atoms with Crippen LogP contribution in [0.15, 0.2) is 54.6 Å². The maximum atomic E-state index is 6.27. The van der Waals surface area contributed by atoms with Gasteiger partial charge in [0.05, 0.1) is 24.2 Å². The van der Waals surface area contributed by atoms with Crippen molar-refractivity contribution in [3.8, 4) is 5.75 Å². The summed E-state index contributed by atoms with van der Waals surface area (Å²) in [5.74, 6) is 2.61. The number of ether oxygens (including phenoxy) is 2. The number of pyridine rings is 1. The number of hydrogen-bond acceptors (Lipinski definition) is 5. The van der Waals surface area contributed by atoms with Crippen molar-refractivity contribution in [3.05, 3.63) is 60.4 Å². The topological polar surface area (TPSA) is 75.2 Å². The van der Waals surface area contributed by atoms with E-state index in [4.69, 9.17) is 20.2 Å². The van der Waals surface area contributed by atoms with Crippen molar-refractivity contribution in [2.45, 2.75) is 18.9 Å².